The van der Waals surface area contributed by atoms with Crippen molar-refractivity contribution in [2.45, 2.75) is 18.4 Å². The minimum Gasteiger partial charge on any atom is -0.382 e. The molecule has 2 rings (SSSR count). The number of halogens is 2. The molecule has 6 heteroatoms. The van der Waals surface area contributed by atoms with E-state index in [-0.39, 0.29) is 18.3 Å². The predicted molar refractivity (Wildman–Crippen MR) is 72.6 cm³/mol. The molecule has 0 saturated carbocycles. The molecular weight excluding hydrogens is 289 g/mol. The molecule has 1 aromatic carbocycles. The fourth-order valence-electron chi connectivity index (χ4n) is 2.26. The molecule has 2 atom stereocenters. The molecule has 19 heavy (non-hydrogen) atoms. The summed E-state index contributed by atoms with van der Waals surface area (Å²) in [6.07, 6.45) is 0. The zero-order chi connectivity index (χ0) is 14.2. The van der Waals surface area contributed by atoms with Crippen LogP contribution in [0.2, 0.25) is 10.0 Å². The Kier molecular flexibility index (Phi) is 3.85. The lowest BCUT2D eigenvalue weighted by Gasteiger charge is -2.21. The molecule has 0 aromatic heterocycles. The third-order valence-electron chi connectivity index (χ3n) is 3.17. The Bertz CT molecular complexity index is 547. The Hall–Kier alpha value is -1.10. The molecule has 1 amide bonds. The maximum Gasteiger partial charge on any atom is 0.236 e. The average molecular weight is 302 g/mol. The van der Waals surface area contributed by atoms with Gasteiger partial charge in [-0.1, -0.05) is 29.3 Å². The zero-order valence-corrected chi connectivity index (χ0v) is 12.0. The molecule has 0 aliphatic carbocycles. The number of nitrogens with one attached hydrogen (secondary N) is 1. The smallest absolute Gasteiger partial charge is 0.236 e. The summed E-state index contributed by atoms with van der Waals surface area (Å²) in [5, 5.41) is 3.43. The van der Waals surface area contributed by atoms with Gasteiger partial charge >= 0.3 is 0 Å². The molecule has 1 aliphatic rings. The van der Waals surface area contributed by atoms with Gasteiger partial charge in [0.1, 0.15) is 11.5 Å². The highest BCUT2D eigenvalue weighted by Crippen LogP contribution is 2.34. The van der Waals surface area contributed by atoms with Gasteiger partial charge in [-0.25, -0.2) is 0 Å². The van der Waals surface area contributed by atoms with Crippen molar-refractivity contribution in [1.29, 1.82) is 0 Å². The Morgan fingerprint density at radius 1 is 1.37 bits per heavy atom. The molecule has 4 nitrogen and oxygen atoms in total. The number of rotatable bonds is 3. The number of ether oxygens (including phenoxy) is 1. The van der Waals surface area contributed by atoms with Gasteiger partial charge < -0.3 is 10.1 Å². The highest BCUT2D eigenvalue weighted by molar-refractivity contribution is 6.36. The van der Waals surface area contributed by atoms with Gasteiger partial charge in [0.15, 0.2) is 5.78 Å². The van der Waals surface area contributed by atoms with E-state index in [1.807, 2.05) is 0 Å². The van der Waals surface area contributed by atoms with E-state index >= 15 is 0 Å². The van der Waals surface area contributed by atoms with E-state index in [1.165, 1.54) is 13.2 Å². The van der Waals surface area contributed by atoms with Crippen LogP contribution < -0.4 is 5.32 Å². The molecule has 0 spiro atoms. The third-order valence-corrected chi connectivity index (χ3v) is 3.74. The molecule has 1 heterocycles. The number of amides is 1. The van der Waals surface area contributed by atoms with Crippen molar-refractivity contribution in [2.75, 3.05) is 13.7 Å². The molecule has 0 radical (unpaired) electrons. The maximum atomic E-state index is 12.4. The van der Waals surface area contributed by atoms with Crippen LogP contribution in [0.25, 0.3) is 0 Å². The molecule has 1 fully saturated rings. The molecule has 1 N–H and O–H groups in total. The van der Waals surface area contributed by atoms with Crippen LogP contribution in [0, 0.1) is 0 Å². The summed E-state index contributed by atoms with van der Waals surface area (Å²) in [6, 6.07) is 4.73. The van der Waals surface area contributed by atoms with Crippen LogP contribution in [0.5, 0.6) is 0 Å². The monoisotopic (exact) mass is 301 g/mol. The molecule has 2 unspecified atom stereocenters. The van der Waals surface area contributed by atoms with E-state index in [4.69, 9.17) is 27.9 Å². The molecule has 1 aromatic rings. The van der Waals surface area contributed by atoms with Gasteiger partial charge in [0, 0.05) is 17.2 Å². The Labute approximate surface area is 121 Å². The van der Waals surface area contributed by atoms with Crippen LogP contribution in [0.1, 0.15) is 18.4 Å². The first kappa shape index (κ1) is 14.3. The van der Waals surface area contributed by atoms with Crippen LogP contribution in [-0.2, 0) is 14.3 Å². The average Bonchev–Trinajstić information content (AvgIpc) is 2.52. The number of ketones is 1. The highest BCUT2D eigenvalue weighted by atomic mass is 35.5. The number of carbonyl (C=O) groups excluding carboxylic acids is 2. The molecule has 102 valence electrons. The summed E-state index contributed by atoms with van der Waals surface area (Å²) in [5.41, 5.74) is -0.548. The fraction of sp³-hybridized carbons (Fsp3) is 0.385. The largest absolute Gasteiger partial charge is 0.382 e. The standard InChI is InChI=1S/C13H13Cl2NO3/c1-13(6-19-2)11(17)10(12(18)16-13)8-4-3-7(14)5-9(8)15/h3-5,10H,6H2,1-2H3,(H,16,18). The third kappa shape index (κ3) is 2.48. The molecule has 1 saturated heterocycles. The minimum atomic E-state index is -1.01. The minimum absolute atomic E-state index is 0.124. The lowest BCUT2D eigenvalue weighted by atomic mass is 9.88. The van der Waals surface area contributed by atoms with E-state index in [0.717, 1.165) is 0 Å². The van der Waals surface area contributed by atoms with Crippen molar-refractivity contribution in [1.82, 2.24) is 5.32 Å². The SMILES string of the molecule is COCC1(C)NC(=O)C(c2ccc(Cl)cc2Cl)C1=O. The van der Waals surface area contributed by atoms with Gasteiger partial charge in [-0.3, -0.25) is 9.59 Å². The number of carbonyl (C=O) groups is 2. The van der Waals surface area contributed by atoms with Gasteiger partial charge in [-0.05, 0) is 24.6 Å². The van der Waals surface area contributed by atoms with Crippen LogP contribution in [-0.4, -0.2) is 30.9 Å². The van der Waals surface area contributed by atoms with E-state index in [0.29, 0.717) is 15.6 Å². The van der Waals surface area contributed by atoms with Gasteiger partial charge in [0.05, 0.1) is 6.61 Å². The Morgan fingerprint density at radius 3 is 2.63 bits per heavy atom. The first-order valence-corrected chi connectivity index (χ1v) is 6.45. The first-order valence-electron chi connectivity index (χ1n) is 5.69. The second kappa shape index (κ2) is 5.12. The number of methoxy groups -OCH3 is 1. The van der Waals surface area contributed by atoms with Gasteiger partial charge in [-0.2, -0.15) is 0 Å². The highest BCUT2D eigenvalue weighted by Gasteiger charge is 2.50. The Balaban J connectivity index is 2.40. The second-order valence-electron chi connectivity index (χ2n) is 4.72. The van der Waals surface area contributed by atoms with E-state index in [2.05, 4.69) is 5.32 Å². The summed E-state index contributed by atoms with van der Waals surface area (Å²) in [4.78, 5) is 24.4. The van der Waals surface area contributed by atoms with Crippen molar-refractivity contribution in [3.8, 4) is 0 Å². The summed E-state index contributed by atoms with van der Waals surface area (Å²) in [5.74, 6) is -1.53. The number of Topliss-reactive ketones (excluding diaryl/α,β-unsaturated/α-hetero) is 1. The topological polar surface area (TPSA) is 55.4 Å². The Morgan fingerprint density at radius 2 is 2.05 bits per heavy atom. The van der Waals surface area contributed by atoms with E-state index in [1.54, 1.807) is 19.1 Å². The van der Waals surface area contributed by atoms with Gasteiger partial charge in [0.2, 0.25) is 5.91 Å². The lowest BCUT2D eigenvalue weighted by Crippen LogP contribution is -2.47. The molecule has 1 aliphatic heterocycles. The van der Waals surface area contributed by atoms with Crippen LogP contribution >= 0.6 is 23.2 Å². The second-order valence-corrected chi connectivity index (χ2v) is 5.56. The van der Waals surface area contributed by atoms with Gasteiger partial charge in [0.25, 0.3) is 0 Å². The van der Waals surface area contributed by atoms with Crippen molar-refractivity contribution < 1.29 is 14.3 Å². The normalized spacial score (nSPS) is 26.6. The van der Waals surface area contributed by atoms with Crippen LogP contribution in [0.15, 0.2) is 18.2 Å². The fourth-order valence-corrected chi connectivity index (χ4v) is 2.77. The predicted octanol–water partition coefficient (Wildman–Crippen LogP) is 2.18. The van der Waals surface area contributed by atoms with Crippen molar-refractivity contribution in [3.63, 3.8) is 0 Å². The van der Waals surface area contributed by atoms with E-state index in [9.17, 15) is 9.59 Å². The summed E-state index contributed by atoms with van der Waals surface area (Å²) >= 11 is 11.9. The lowest BCUT2D eigenvalue weighted by molar-refractivity contribution is -0.125. The molecular formula is C13H13Cl2NO3. The van der Waals surface area contributed by atoms with Crippen LogP contribution in [0.4, 0.5) is 0 Å². The first-order chi connectivity index (χ1) is 8.89. The zero-order valence-electron chi connectivity index (χ0n) is 10.5. The number of benzene rings is 1. The van der Waals surface area contributed by atoms with Gasteiger partial charge in [-0.15, -0.1) is 0 Å². The van der Waals surface area contributed by atoms with Crippen molar-refractivity contribution in [2.24, 2.45) is 0 Å². The van der Waals surface area contributed by atoms with Crippen LogP contribution in [0.3, 0.4) is 0 Å². The quantitative estimate of drug-likeness (QED) is 0.871. The number of hydrogen-bond donors (Lipinski definition) is 1. The van der Waals surface area contributed by atoms with Crippen molar-refractivity contribution >= 4 is 34.9 Å². The summed E-state index contributed by atoms with van der Waals surface area (Å²) in [7, 11) is 1.48. The maximum absolute atomic E-state index is 12.4. The summed E-state index contributed by atoms with van der Waals surface area (Å²) in [6.45, 7) is 1.76. The molecule has 0 bridgehead atoms. The number of hydrogen-bond acceptors (Lipinski definition) is 3. The summed E-state index contributed by atoms with van der Waals surface area (Å²) < 4.78 is 4.99. The van der Waals surface area contributed by atoms with E-state index < -0.39 is 11.5 Å². The van der Waals surface area contributed by atoms with Crippen molar-refractivity contribution in [3.05, 3.63) is 33.8 Å².